The second kappa shape index (κ2) is 10.5. The molecule has 0 aliphatic carbocycles. The fraction of sp³-hybridized carbons (Fsp3) is 0.750. The molecule has 3 heterocycles. The van der Waals surface area contributed by atoms with Crippen LogP contribution in [0.3, 0.4) is 0 Å². The predicted molar refractivity (Wildman–Crippen MR) is 116 cm³/mol. The fourth-order valence-electron chi connectivity index (χ4n) is 3.78. The largest absolute Gasteiger partial charge is 0.450 e. The molecule has 2 amide bonds. The van der Waals surface area contributed by atoms with Crippen LogP contribution < -0.4 is 10.6 Å². The molecule has 1 unspecified atom stereocenters. The van der Waals surface area contributed by atoms with Crippen LogP contribution in [0.1, 0.15) is 37.8 Å². The molecule has 3 rings (SSSR count). The van der Waals surface area contributed by atoms with Crippen LogP contribution in [0.4, 0.5) is 4.79 Å². The van der Waals surface area contributed by atoms with Crippen molar-refractivity contribution < 1.29 is 14.3 Å². The summed E-state index contributed by atoms with van der Waals surface area (Å²) in [6.45, 7) is 6.13. The number of hydrogen-bond donors (Lipinski definition) is 2. The smallest absolute Gasteiger partial charge is 0.409 e. The molecular formula is C20H34N8O3. The lowest BCUT2D eigenvalue weighted by atomic mass is 10.1. The molecule has 1 aromatic rings. The number of carbonyl (C=O) groups excluding carboxylic acids is 2. The number of amides is 2. The molecule has 2 aliphatic heterocycles. The number of likely N-dealkylation sites (tertiary alicyclic amines) is 1. The molecule has 0 saturated carbocycles. The van der Waals surface area contributed by atoms with E-state index >= 15 is 0 Å². The number of rotatable bonds is 5. The van der Waals surface area contributed by atoms with E-state index in [-0.39, 0.29) is 30.6 Å². The maximum absolute atomic E-state index is 12.1. The maximum atomic E-state index is 12.1. The summed E-state index contributed by atoms with van der Waals surface area (Å²) in [5.74, 6) is 2.36. The van der Waals surface area contributed by atoms with E-state index in [9.17, 15) is 9.59 Å². The Morgan fingerprint density at radius 1 is 1.19 bits per heavy atom. The van der Waals surface area contributed by atoms with Crippen molar-refractivity contribution in [2.45, 2.75) is 58.2 Å². The number of guanidine groups is 1. The van der Waals surface area contributed by atoms with Crippen LogP contribution in [0.25, 0.3) is 0 Å². The molecule has 11 heteroatoms. The third kappa shape index (κ3) is 6.31. The van der Waals surface area contributed by atoms with E-state index in [1.165, 1.54) is 4.90 Å². The average Bonchev–Trinajstić information content (AvgIpc) is 3.11. The number of hydrogen-bond acceptors (Lipinski definition) is 6. The van der Waals surface area contributed by atoms with E-state index < -0.39 is 0 Å². The van der Waals surface area contributed by atoms with Crippen LogP contribution in [0.5, 0.6) is 0 Å². The van der Waals surface area contributed by atoms with Gasteiger partial charge in [0.05, 0.1) is 13.2 Å². The summed E-state index contributed by atoms with van der Waals surface area (Å²) in [5.41, 5.74) is 0. The number of aliphatic imine (C=N–C) groups is 1. The monoisotopic (exact) mass is 434 g/mol. The van der Waals surface area contributed by atoms with Gasteiger partial charge in [-0.1, -0.05) is 0 Å². The summed E-state index contributed by atoms with van der Waals surface area (Å²) in [5, 5.41) is 11.4. The average molecular weight is 435 g/mol. The minimum absolute atomic E-state index is 0.0592. The molecule has 1 atom stereocenters. The first-order valence-corrected chi connectivity index (χ1v) is 11.0. The Hall–Kier alpha value is -2.85. The molecule has 1 saturated heterocycles. The summed E-state index contributed by atoms with van der Waals surface area (Å²) >= 11 is 0. The van der Waals surface area contributed by atoms with Crippen LogP contribution in [-0.4, -0.2) is 94.9 Å². The Labute approximate surface area is 183 Å². The van der Waals surface area contributed by atoms with Crippen LogP contribution >= 0.6 is 0 Å². The van der Waals surface area contributed by atoms with Crippen LogP contribution in [-0.2, 0) is 22.5 Å². The number of ether oxygens (including phenoxy) is 1. The second-order valence-corrected chi connectivity index (χ2v) is 8.19. The van der Waals surface area contributed by atoms with Crippen LogP contribution in [0, 0.1) is 6.92 Å². The molecule has 172 valence electrons. The zero-order chi connectivity index (χ0) is 22.4. The molecule has 31 heavy (non-hydrogen) atoms. The van der Waals surface area contributed by atoms with Crippen molar-refractivity contribution in [3.8, 4) is 0 Å². The first-order valence-electron chi connectivity index (χ1n) is 11.0. The molecular weight excluding hydrogens is 400 g/mol. The SMILES string of the molecule is CCOC(=O)N1CCC(NC(=NCC(=O)N(C)C)NC2CCc3nc(C)nn3C2)CC1. The number of piperidine rings is 1. The molecule has 0 spiro atoms. The summed E-state index contributed by atoms with van der Waals surface area (Å²) < 4.78 is 7.03. The predicted octanol–water partition coefficient (Wildman–Crippen LogP) is 0.146. The molecule has 0 radical (unpaired) electrons. The van der Waals surface area contributed by atoms with Crippen molar-refractivity contribution in [1.29, 1.82) is 0 Å². The van der Waals surface area contributed by atoms with E-state index in [1.54, 1.807) is 19.0 Å². The topological polar surface area (TPSA) is 117 Å². The minimum atomic E-state index is -0.259. The molecule has 1 aromatic heterocycles. The van der Waals surface area contributed by atoms with Crippen molar-refractivity contribution in [2.24, 2.45) is 4.99 Å². The first-order chi connectivity index (χ1) is 14.9. The fourth-order valence-corrected chi connectivity index (χ4v) is 3.78. The van der Waals surface area contributed by atoms with Gasteiger partial charge in [-0.05, 0) is 33.1 Å². The summed E-state index contributed by atoms with van der Waals surface area (Å²) in [7, 11) is 3.44. The van der Waals surface area contributed by atoms with Gasteiger partial charge in [0, 0.05) is 45.7 Å². The highest BCUT2D eigenvalue weighted by Crippen LogP contribution is 2.14. The van der Waals surface area contributed by atoms with Crippen molar-refractivity contribution in [3.63, 3.8) is 0 Å². The third-order valence-electron chi connectivity index (χ3n) is 5.54. The van der Waals surface area contributed by atoms with E-state index in [0.29, 0.717) is 32.2 Å². The Bertz CT molecular complexity index is 798. The maximum Gasteiger partial charge on any atom is 0.409 e. The van der Waals surface area contributed by atoms with Gasteiger partial charge in [0.1, 0.15) is 18.2 Å². The van der Waals surface area contributed by atoms with Gasteiger partial charge in [-0.25, -0.2) is 19.5 Å². The third-order valence-corrected chi connectivity index (χ3v) is 5.54. The lowest BCUT2D eigenvalue weighted by Gasteiger charge is -2.33. The zero-order valence-corrected chi connectivity index (χ0v) is 18.9. The van der Waals surface area contributed by atoms with Crippen molar-refractivity contribution in [3.05, 3.63) is 11.6 Å². The molecule has 0 bridgehead atoms. The molecule has 1 fully saturated rings. The van der Waals surface area contributed by atoms with E-state index in [2.05, 4.69) is 25.7 Å². The molecule has 11 nitrogen and oxygen atoms in total. The minimum Gasteiger partial charge on any atom is -0.450 e. The Morgan fingerprint density at radius 2 is 1.90 bits per heavy atom. The number of nitrogens with zero attached hydrogens (tertiary/aromatic N) is 6. The first kappa shape index (κ1) is 22.8. The molecule has 2 N–H and O–H groups in total. The molecule has 0 aromatic carbocycles. The number of carbonyl (C=O) groups is 2. The van der Waals surface area contributed by atoms with Gasteiger partial charge >= 0.3 is 6.09 Å². The van der Waals surface area contributed by atoms with Gasteiger partial charge in [0.15, 0.2) is 5.96 Å². The van der Waals surface area contributed by atoms with Gasteiger partial charge in [-0.3, -0.25) is 4.79 Å². The summed E-state index contributed by atoms with van der Waals surface area (Å²) in [6.07, 6.45) is 3.09. The van der Waals surface area contributed by atoms with Gasteiger partial charge < -0.3 is 25.2 Å². The Balaban J connectivity index is 1.60. The number of nitrogens with one attached hydrogen (secondary N) is 2. The number of likely N-dealkylation sites (N-methyl/N-ethyl adjacent to an activating group) is 1. The normalized spacial score (nSPS) is 19.5. The quantitative estimate of drug-likeness (QED) is 0.500. The highest BCUT2D eigenvalue weighted by atomic mass is 16.6. The van der Waals surface area contributed by atoms with Gasteiger partial charge in [-0.15, -0.1) is 0 Å². The number of aryl methyl sites for hydroxylation is 2. The lowest BCUT2D eigenvalue weighted by molar-refractivity contribution is -0.127. The highest BCUT2D eigenvalue weighted by molar-refractivity contribution is 5.85. The summed E-state index contributed by atoms with van der Waals surface area (Å²) in [6, 6.07) is 0.313. The number of aromatic nitrogens is 3. The van der Waals surface area contributed by atoms with Crippen molar-refractivity contribution >= 4 is 18.0 Å². The van der Waals surface area contributed by atoms with Gasteiger partial charge in [-0.2, -0.15) is 5.10 Å². The lowest BCUT2D eigenvalue weighted by Crippen LogP contribution is -2.53. The van der Waals surface area contributed by atoms with Crippen LogP contribution in [0.2, 0.25) is 0 Å². The van der Waals surface area contributed by atoms with Crippen LogP contribution in [0.15, 0.2) is 4.99 Å². The van der Waals surface area contributed by atoms with Crippen molar-refractivity contribution in [1.82, 2.24) is 35.2 Å². The van der Waals surface area contributed by atoms with E-state index in [1.807, 2.05) is 18.5 Å². The van der Waals surface area contributed by atoms with E-state index in [4.69, 9.17) is 4.74 Å². The second-order valence-electron chi connectivity index (χ2n) is 8.19. The van der Waals surface area contributed by atoms with Gasteiger partial charge in [0.2, 0.25) is 5.91 Å². The Kier molecular flexibility index (Phi) is 7.69. The van der Waals surface area contributed by atoms with E-state index in [0.717, 1.165) is 37.3 Å². The van der Waals surface area contributed by atoms with Gasteiger partial charge in [0.25, 0.3) is 0 Å². The highest BCUT2D eigenvalue weighted by Gasteiger charge is 2.26. The Morgan fingerprint density at radius 3 is 2.58 bits per heavy atom. The van der Waals surface area contributed by atoms with Crippen molar-refractivity contribution in [2.75, 3.05) is 40.3 Å². The molecule has 2 aliphatic rings. The summed E-state index contributed by atoms with van der Waals surface area (Å²) in [4.78, 5) is 36.2. The number of fused-ring (bicyclic) bond motifs is 1. The zero-order valence-electron chi connectivity index (χ0n) is 18.9. The standard InChI is InChI=1S/C20H34N8O3/c1-5-31-20(30)27-10-8-15(9-11-27)23-19(21-12-18(29)26(3)4)24-16-6-7-17-22-14(2)25-28(17)13-16/h15-16H,5-13H2,1-4H3,(H2,21,23,24).